The van der Waals surface area contributed by atoms with Gasteiger partial charge in [0.15, 0.2) is 0 Å². The van der Waals surface area contributed by atoms with Crippen LogP contribution in [0.15, 0.2) is 12.1 Å². The summed E-state index contributed by atoms with van der Waals surface area (Å²) in [6, 6.07) is 3.18. The van der Waals surface area contributed by atoms with Crippen molar-refractivity contribution in [2.45, 2.75) is 78.6 Å². The highest BCUT2D eigenvalue weighted by molar-refractivity contribution is 6.03. The van der Waals surface area contributed by atoms with E-state index in [1.165, 1.54) is 31.7 Å². The zero-order valence-corrected chi connectivity index (χ0v) is 15.8. The average molecular weight is 348 g/mol. The molecule has 4 nitrogen and oxygen atoms in total. The van der Waals surface area contributed by atoms with Crippen molar-refractivity contribution in [3.05, 3.63) is 34.4 Å². The summed E-state index contributed by atoms with van der Waals surface area (Å²) in [7, 11) is 0. The van der Waals surface area contributed by atoms with Gasteiger partial charge in [-0.25, -0.2) is 9.59 Å². The lowest BCUT2D eigenvalue weighted by Crippen LogP contribution is -2.13. The number of aryl methyl sites for hydroxylation is 1. The van der Waals surface area contributed by atoms with Crippen molar-refractivity contribution in [1.82, 2.24) is 0 Å². The van der Waals surface area contributed by atoms with Crippen molar-refractivity contribution in [2.75, 3.05) is 0 Å². The molecule has 0 heterocycles. The van der Waals surface area contributed by atoms with Gasteiger partial charge in [-0.3, -0.25) is 0 Å². The monoisotopic (exact) mass is 348 g/mol. The Hall–Kier alpha value is -1.84. The Morgan fingerprint density at radius 3 is 2.04 bits per heavy atom. The van der Waals surface area contributed by atoms with Crippen LogP contribution in [-0.4, -0.2) is 22.2 Å². The topological polar surface area (TPSA) is 74.6 Å². The van der Waals surface area contributed by atoms with Gasteiger partial charge >= 0.3 is 11.9 Å². The number of carboxylic acids is 2. The van der Waals surface area contributed by atoms with E-state index in [1.807, 2.05) is 6.92 Å². The van der Waals surface area contributed by atoms with E-state index in [-0.39, 0.29) is 11.1 Å². The van der Waals surface area contributed by atoms with Crippen LogP contribution in [0.5, 0.6) is 0 Å². The fourth-order valence-electron chi connectivity index (χ4n) is 3.29. The standard InChI is InChI=1S/C21H32O4/c1-4-16-13-14-18(20(22)23)19(21(24)25)17(16)12-10-8-6-5-7-9-11-15(2)3/h13-15H,4-12H2,1-3H3,(H,22,23)(H,24,25). The van der Waals surface area contributed by atoms with E-state index in [4.69, 9.17) is 0 Å². The lowest BCUT2D eigenvalue weighted by Gasteiger charge is -2.14. The molecule has 1 rings (SSSR count). The number of carboxylic acid groups (broad SMARTS) is 2. The van der Waals surface area contributed by atoms with Crippen LogP contribution in [-0.2, 0) is 12.8 Å². The second-order valence-corrected chi connectivity index (χ2v) is 7.14. The Bertz CT molecular complexity index is 576. The smallest absolute Gasteiger partial charge is 0.336 e. The van der Waals surface area contributed by atoms with Crippen LogP contribution in [0, 0.1) is 5.92 Å². The molecule has 0 aliphatic heterocycles. The minimum Gasteiger partial charge on any atom is -0.478 e. The van der Waals surface area contributed by atoms with Crippen LogP contribution in [0.1, 0.15) is 97.6 Å². The number of hydrogen-bond acceptors (Lipinski definition) is 2. The normalized spacial score (nSPS) is 11.0. The van der Waals surface area contributed by atoms with Crippen LogP contribution in [0.4, 0.5) is 0 Å². The van der Waals surface area contributed by atoms with Crippen LogP contribution in [0.2, 0.25) is 0 Å². The molecule has 0 spiro atoms. The Morgan fingerprint density at radius 1 is 0.920 bits per heavy atom. The number of aromatic carboxylic acids is 2. The maximum atomic E-state index is 11.6. The largest absolute Gasteiger partial charge is 0.478 e. The quantitative estimate of drug-likeness (QED) is 0.484. The SMILES string of the molecule is CCc1ccc(C(=O)O)c(C(=O)O)c1CCCCCCCCC(C)C. The first-order chi connectivity index (χ1) is 11.9. The van der Waals surface area contributed by atoms with Crippen LogP contribution < -0.4 is 0 Å². The summed E-state index contributed by atoms with van der Waals surface area (Å²) >= 11 is 0. The molecule has 0 unspecified atom stereocenters. The molecule has 140 valence electrons. The highest BCUT2D eigenvalue weighted by atomic mass is 16.4. The van der Waals surface area contributed by atoms with Crippen LogP contribution in [0.3, 0.4) is 0 Å². The van der Waals surface area contributed by atoms with Crippen molar-refractivity contribution in [3.8, 4) is 0 Å². The molecule has 0 amide bonds. The Morgan fingerprint density at radius 2 is 1.52 bits per heavy atom. The van der Waals surface area contributed by atoms with Gasteiger partial charge in [-0.15, -0.1) is 0 Å². The van der Waals surface area contributed by atoms with E-state index in [0.29, 0.717) is 18.4 Å². The number of unbranched alkanes of at least 4 members (excludes halogenated alkanes) is 5. The van der Waals surface area contributed by atoms with Gasteiger partial charge in [0.2, 0.25) is 0 Å². The van der Waals surface area contributed by atoms with E-state index < -0.39 is 11.9 Å². The van der Waals surface area contributed by atoms with Gasteiger partial charge < -0.3 is 10.2 Å². The number of benzene rings is 1. The average Bonchev–Trinajstić information content (AvgIpc) is 2.55. The first-order valence-electron chi connectivity index (χ1n) is 9.49. The molecular formula is C21H32O4. The number of hydrogen-bond donors (Lipinski definition) is 2. The van der Waals surface area contributed by atoms with E-state index >= 15 is 0 Å². The molecule has 0 aromatic heterocycles. The first kappa shape index (κ1) is 21.2. The van der Waals surface area contributed by atoms with Gasteiger partial charge in [0.25, 0.3) is 0 Å². The highest BCUT2D eigenvalue weighted by Gasteiger charge is 2.21. The van der Waals surface area contributed by atoms with E-state index in [9.17, 15) is 19.8 Å². The summed E-state index contributed by atoms with van der Waals surface area (Å²) in [5.41, 5.74) is 1.52. The third-order valence-corrected chi connectivity index (χ3v) is 4.69. The molecule has 0 fully saturated rings. The third-order valence-electron chi connectivity index (χ3n) is 4.69. The summed E-state index contributed by atoms with van der Waals surface area (Å²) in [5.74, 6) is -1.55. The Labute approximate surface area is 151 Å². The zero-order valence-electron chi connectivity index (χ0n) is 15.8. The predicted molar refractivity (Wildman–Crippen MR) is 101 cm³/mol. The van der Waals surface area contributed by atoms with Gasteiger partial charge in [-0.05, 0) is 42.4 Å². The van der Waals surface area contributed by atoms with Gasteiger partial charge in [0.05, 0.1) is 11.1 Å². The maximum absolute atomic E-state index is 11.6. The van der Waals surface area contributed by atoms with Crippen LogP contribution in [0.25, 0.3) is 0 Å². The summed E-state index contributed by atoms with van der Waals surface area (Å²) in [6.45, 7) is 6.47. The summed E-state index contributed by atoms with van der Waals surface area (Å²) in [4.78, 5) is 23.0. The molecule has 1 aromatic carbocycles. The van der Waals surface area contributed by atoms with E-state index in [0.717, 1.165) is 30.7 Å². The molecule has 2 N–H and O–H groups in total. The van der Waals surface area contributed by atoms with Gasteiger partial charge in [0, 0.05) is 0 Å². The molecule has 0 saturated heterocycles. The summed E-state index contributed by atoms with van der Waals surface area (Å²) < 4.78 is 0. The van der Waals surface area contributed by atoms with Crippen molar-refractivity contribution >= 4 is 11.9 Å². The fourth-order valence-corrected chi connectivity index (χ4v) is 3.29. The van der Waals surface area contributed by atoms with Gasteiger partial charge in [0.1, 0.15) is 0 Å². The van der Waals surface area contributed by atoms with Gasteiger partial charge in [-0.2, -0.15) is 0 Å². The molecule has 0 aliphatic rings. The maximum Gasteiger partial charge on any atom is 0.336 e. The van der Waals surface area contributed by atoms with Crippen LogP contribution >= 0.6 is 0 Å². The molecule has 4 heteroatoms. The summed E-state index contributed by atoms with van der Waals surface area (Å²) in [5, 5.41) is 18.8. The first-order valence-corrected chi connectivity index (χ1v) is 9.49. The molecule has 0 aliphatic carbocycles. The second kappa shape index (κ2) is 10.9. The number of carbonyl (C=O) groups is 2. The Balaban J connectivity index is 2.63. The highest BCUT2D eigenvalue weighted by Crippen LogP contribution is 2.23. The van der Waals surface area contributed by atoms with Gasteiger partial charge in [-0.1, -0.05) is 65.4 Å². The molecule has 0 bridgehead atoms. The minimum atomic E-state index is -1.17. The second-order valence-electron chi connectivity index (χ2n) is 7.14. The molecule has 0 saturated carbocycles. The van der Waals surface area contributed by atoms with E-state index in [1.54, 1.807) is 6.07 Å². The van der Waals surface area contributed by atoms with E-state index in [2.05, 4.69) is 13.8 Å². The molecule has 1 aromatic rings. The molecule has 0 radical (unpaired) electrons. The van der Waals surface area contributed by atoms with Crippen molar-refractivity contribution in [2.24, 2.45) is 5.92 Å². The minimum absolute atomic E-state index is 0.0243. The molecule has 0 atom stereocenters. The van der Waals surface area contributed by atoms with Crippen molar-refractivity contribution < 1.29 is 19.8 Å². The number of rotatable bonds is 12. The lowest BCUT2D eigenvalue weighted by molar-refractivity contribution is 0.0650. The predicted octanol–water partition coefficient (Wildman–Crippen LogP) is 5.57. The third kappa shape index (κ3) is 6.89. The fraction of sp³-hybridized carbons (Fsp3) is 0.619. The lowest BCUT2D eigenvalue weighted by atomic mass is 9.90. The zero-order chi connectivity index (χ0) is 18.8. The van der Waals surface area contributed by atoms with Crippen molar-refractivity contribution in [1.29, 1.82) is 0 Å². The Kier molecular flexibility index (Phi) is 9.25. The molecular weight excluding hydrogens is 316 g/mol. The van der Waals surface area contributed by atoms with Crippen molar-refractivity contribution in [3.63, 3.8) is 0 Å². The molecule has 25 heavy (non-hydrogen) atoms. The summed E-state index contributed by atoms with van der Waals surface area (Å²) in [6.07, 6.45) is 9.50.